The first-order chi connectivity index (χ1) is 12.1. The van der Waals surface area contributed by atoms with Crippen molar-refractivity contribution in [1.29, 1.82) is 0 Å². The molecule has 0 atom stereocenters. The van der Waals surface area contributed by atoms with Gasteiger partial charge in [0.15, 0.2) is 0 Å². The molecule has 0 amide bonds. The highest BCUT2D eigenvalue weighted by molar-refractivity contribution is 5.72. The second-order valence-electron chi connectivity index (χ2n) is 6.25. The molecule has 0 heterocycles. The molecule has 25 heavy (non-hydrogen) atoms. The molecule has 0 aliphatic rings. The Hall–Kier alpha value is -2.78. The fourth-order valence-electron chi connectivity index (χ4n) is 3.07. The molecule has 3 rings (SSSR count). The summed E-state index contributed by atoms with van der Waals surface area (Å²) >= 11 is 0. The van der Waals surface area contributed by atoms with Crippen molar-refractivity contribution in [3.05, 3.63) is 82.9 Å². The molecule has 3 heteroatoms. The van der Waals surface area contributed by atoms with E-state index in [9.17, 15) is 5.11 Å². The smallest absolute Gasteiger partial charge is 0.119 e. The van der Waals surface area contributed by atoms with Gasteiger partial charge in [0.2, 0.25) is 0 Å². The maximum Gasteiger partial charge on any atom is 0.119 e. The van der Waals surface area contributed by atoms with Gasteiger partial charge in [-0.1, -0.05) is 30.3 Å². The third kappa shape index (κ3) is 4.01. The summed E-state index contributed by atoms with van der Waals surface area (Å²) in [5.41, 5.74) is 6.31. The second kappa shape index (κ2) is 7.41. The summed E-state index contributed by atoms with van der Waals surface area (Å²) in [6.07, 6.45) is 0. The number of aliphatic hydroxyl groups is 1. The number of hydrogen-bond donors (Lipinski definition) is 2. The van der Waals surface area contributed by atoms with Crippen LogP contribution in [0.5, 0.6) is 11.5 Å². The number of aromatic hydroxyl groups is 1. The highest BCUT2D eigenvalue weighted by Gasteiger charge is 2.08. The second-order valence-corrected chi connectivity index (χ2v) is 6.25. The monoisotopic (exact) mass is 334 g/mol. The maximum absolute atomic E-state index is 9.73. The predicted octanol–water partition coefficient (Wildman–Crippen LogP) is 4.75. The van der Waals surface area contributed by atoms with Crippen molar-refractivity contribution in [2.75, 3.05) is 0 Å². The van der Waals surface area contributed by atoms with Gasteiger partial charge in [-0.25, -0.2) is 0 Å². The molecule has 0 aromatic heterocycles. The molecular weight excluding hydrogens is 312 g/mol. The Balaban J connectivity index is 1.80. The Labute approximate surface area is 148 Å². The third-order valence-corrected chi connectivity index (χ3v) is 4.24. The van der Waals surface area contributed by atoms with Crippen LogP contribution < -0.4 is 4.74 Å². The van der Waals surface area contributed by atoms with Crippen molar-refractivity contribution in [1.82, 2.24) is 0 Å². The van der Waals surface area contributed by atoms with E-state index in [1.807, 2.05) is 50.2 Å². The lowest BCUT2D eigenvalue weighted by Gasteiger charge is -2.13. The number of benzene rings is 3. The number of aliphatic hydroxyl groups excluding tert-OH is 1. The molecule has 3 aromatic rings. The van der Waals surface area contributed by atoms with E-state index in [0.29, 0.717) is 12.4 Å². The first-order valence-corrected chi connectivity index (χ1v) is 8.29. The van der Waals surface area contributed by atoms with Crippen LogP contribution >= 0.6 is 0 Å². The molecule has 0 aliphatic carbocycles. The van der Waals surface area contributed by atoms with Gasteiger partial charge in [0.05, 0.1) is 6.61 Å². The molecule has 0 saturated carbocycles. The van der Waals surface area contributed by atoms with E-state index in [1.54, 1.807) is 12.1 Å². The Morgan fingerprint density at radius 1 is 0.840 bits per heavy atom. The number of ether oxygens (including phenoxy) is 1. The standard InChI is InChI=1S/C22H22O3/c1-15-10-20(24)11-16(2)22(15)19-5-3-4-18(12-19)14-25-21-8-6-17(13-23)7-9-21/h3-12,23-24H,13-14H2,1-2H3. The highest BCUT2D eigenvalue weighted by atomic mass is 16.5. The van der Waals surface area contributed by atoms with Gasteiger partial charge in [0, 0.05) is 0 Å². The van der Waals surface area contributed by atoms with E-state index in [2.05, 4.69) is 12.1 Å². The van der Waals surface area contributed by atoms with E-state index in [1.165, 1.54) is 0 Å². The molecule has 3 aromatic carbocycles. The minimum atomic E-state index is 0.0354. The first kappa shape index (κ1) is 17.1. The summed E-state index contributed by atoms with van der Waals surface area (Å²) in [4.78, 5) is 0. The Morgan fingerprint density at radius 3 is 2.16 bits per heavy atom. The third-order valence-electron chi connectivity index (χ3n) is 4.24. The average Bonchev–Trinajstić information content (AvgIpc) is 2.60. The van der Waals surface area contributed by atoms with Gasteiger partial charge in [-0.3, -0.25) is 0 Å². The molecule has 0 fully saturated rings. The lowest BCUT2D eigenvalue weighted by atomic mass is 9.94. The number of phenols is 1. The zero-order chi connectivity index (χ0) is 17.8. The molecule has 2 N–H and O–H groups in total. The van der Waals surface area contributed by atoms with Crippen LogP contribution in [0.3, 0.4) is 0 Å². The van der Waals surface area contributed by atoms with E-state index in [-0.39, 0.29) is 6.61 Å². The van der Waals surface area contributed by atoms with Crippen molar-refractivity contribution < 1.29 is 14.9 Å². The van der Waals surface area contributed by atoms with Crippen molar-refractivity contribution in [2.45, 2.75) is 27.1 Å². The number of rotatable bonds is 5. The number of hydrogen-bond acceptors (Lipinski definition) is 3. The lowest BCUT2D eigenvalue weighted by Crippen LogP contribution is -1.97. The summed E-state index contributed by atoms with van der Waals surface area (Å²) < 4.78 is 5.84. The average molecular weight is 334 g/mol. The molecular formula is C22H22O3. The first-order valence-electron chi connectivity index (χ1n) is 8.29. The number of aryl methyl sites for hydroxylation is 2. The van der Waals surface area contributed by atoms with Crippen LogP contribution in [-0.2, 0) is 13.2 Å². The molecule has 0 unspecified atom stereocenters. The zero-order valence-corrected chi connectivity index (χ0v) is 14.5. The van der Waals surface area contributed by atoms with Crippen LogP contribution in [0.2, 0.25) is 0 Å². The Morgan fingerprint density at radius 2 is 1.52 bits per heavy atom. The van der Waals surface area contributed by atoms with Gasteiger partial charge >= 0.3 is 0 Å². The molecule has 0 aliphatic heterocycles. The van der Waals surface area contributed by atoms with E-state index >= 15 is 0 Å². The molecule has 3 nitrogen and oxygen atoms in total. The predicted molar refractivity (Wildman–Crippen MR) is 99.7 cm³/mol. The van der Waals surface area contributed by atoms with Gasteiger partial charge < -0.3 is 14.9 Å². The fraction of sp³-hybridized carbons (Fsp3) is 0.182. The van der Waals surface area contributed by atoms with Gasteiger partial charge in [-0.15, -0.1) is 0 Å². The van der Waals surface area contributed by atoms with Crippen molar-refractivity contribution >= 4 is 0 Å². The van der Waals surface area contributed by atoms with Gasteiger partial charge in [0.1, 0.15) is 18.1 Å². The van der Waals surface area contributed by atoms with E-state index in [0.717, 1.165) is 39.1 Å². The Bertz CT molecular complexity index is 844. The summed E-state index contributed by atoms with van der Waals surface area (Å²) in [5.74, 6) is 1.07. The topological polar surface area (TPSA) is 49.7 Å². The Kier molecular flexibility index (Phi) is 5.05. The van der Waals surface area contributed by atoms with Gasteiger partial charge in [0.25, 0.3) is 0 Å². The summed E-state index contributed by atoms with van der Waals surface area (Å²) in [6, 6.07) is 19.3. The fourth-order valence-corrected chi connectivity index (χ4v) is 3.07. The van der Waals surface area contributed by atoms with Crippen LogP contribution in [0, 0.1) is 13.8 Å². The van der Waals surface area contributed by atoms with Crippen LogP contribution in [0.15, 0.2) is 60.7 Å². The molecule has 128 valence electrons. The van der Waals surface area contributed by atoms with Crippen LogP contribution in [0.1, 0.15) is 22.3 Å². The SMILES string of the molecule is Cc1cc(O)cc(C)c1-c1cccc(COc2ccc(CO)cc2)c1. The minimum absolute atomic E-state index is 0.0354. The van der Waals surface area contributed by atoms with Crippen molar-refractivity contribution in [3.63, 3.8) is 0 Å². The summed E-state index contributed by atoms with van der Waals surface area (Å²) in [7, 11) is 0. The molecule has 0 bridgehead atoms. The summed E-state index contributed by atoms with van der Waals surface area (Å²) in [5, 5.41) is 18.8. The largest absolute Gasteiger partial charge is 0.508 e. The molecule has 0 radical (unpaired) electrons. The van der Waals surface area contributed by atoms with Crippen molar-refractivity contribution in [3.8, 4) is 22.6 Å². The molecule has 0 saturated heterocycles. The van der Waals surface area contributed by atoms with Gasteiger partial charge in [-0.2, -0.15) is 0 Å². The van der Waals surface area contributed by atoms with Crippen molar-refractivity contribution in [2.24, 2.45) is 0 Å². The van der Waals surface area contributed by atoms with Crippen LogP contribution in [0.25, 0.3) is 11.1 Å². The number of phenolic OH excluding ortho intramolecular Hbond substituents is 1. The zero-order valence-electron chi connectivity index (χ0n) is 14.5. The highest BCUT2D eigenvalue weighted by Crippen LogP contribution is 2.31. The van der Waals surface area contributed by atoms with Crippen LogP contribution in [-0.4, -0.2) is 10.2 Å². The van der Waals surface area contributed by atoms with Crippen LogP contribution in [0.4, 0.5) is 0 Å². The van der Waals surface area contributed by atoms with E-state index in [4.69, 9.17) is 9.84 Å². The normalized spacial score (nSPS) is 10.7. The van der Waals surface area contributed by atoms with Gasteiger partial charge in [-0.05, 0) is 77.6 Å². The quantitative estimate of drug-likeness (QED) is 0.708. The maximum atomic E-state index is 9.73. The lowest BCUT2D eigenvalue weighted by molar-refractivity contribution is 0.280. The molecule has 0 spiro atoms. The van der Waals surface area contributed by atoms with E-state index < -0.39 is 0 Å². The summed E-state index contributed by atoms with van der Waals surface area (Å²) in [6.45, 7) is 4.53. The minimum Gasteiger partial charge on any atom is -0.508 e.